The van der Waals surface area contributed by atoms with Crippen molar-refractivity contribution in [3.8, 4) is 0 Å². The number of anilines is 2. The molecular formula is C11H14F3N3OS. The number of nitrogens with two attached hydrogens (primary N) is 1. The van der Waals surface area contributed by atoms with Crippen LogP contribution in [0.2, 0.25) is 0 Å². The van der Waals surface area contributed by atoms with Gasteiger partial charge in [-0.05, 0) is 30.0 Å². The molecule has 0 saturated carbocycles. The third-order valence-corrected chi connectivity index (χ3v) is 2.96. The molecule has 1 amide bonds. The van der Waals surface area contributed by atoms with Crippen molar-refractivity contribution in [3.63, 3.8) is 0 Å². The van der Waals surface area contributed by atoms with Gasteiger partial charge in [-0.25, -0.2) is 0 Å². The number of nitrogen functional groups attached to an aromatic ring is 1. The molecule has 0 bridgehead atoms. The Labute approximate surface area is 112 Å². The van der Waals surface area contributed by atoms with Crippen LogP contribution in [0.3, 0.4) is 0 Å². The predicted octanol–water partition coefficient (Wildman–Crippen LogP) is 2.29. The van der Waals surface area contributed by atoms with Crippen molar-refractivity contribution >= 4 is 29.0 Å². The Morgan fingerprint density at radius 1 is 1.42 bits per heavy atom. The van der Waals surface area contributed by atoms with E-state index in [4.69, 9.17) is 5.73 Å². The number of alkyl halides is 3. The Hall–Kier alpha value is -1.57. The molecule has 0 aromatic heterocycles. The molecule has 19 heavy (non-hydrogen) atoms. The number of thioether (sulfide) groups is 1. The van der Waals surface area contributed by atoms with E-state index in [1.165, 1.54) is 13.1 Å². The van der Waals surface area contributed by atoms with Crippen LogP contribution in [-0.2, 0) is 0 Å². The average molecular weight is 293 g/mol. The number of rotatable bonds is 5. The van der Waals surface area contributed by atoms with E-state index in [0.717, 1.165) is 0 Å². The number of nitrogens with one attached hydrogen (secondary N) is 2. The van der Waals surface area contributed by atoms with E-state index in [9.17, 15) is 18.0 Å². The lowest BCUT2D eigenvalue weighted by Crippen LogP contribution is -2.18. The summed E-state index contributed by atoms with van der Waals surface area (Å²) in [6.07, 6.45) is 0. The molecule has 8 heteroatoms. The zero-order chi connectivity index (χ0) is 14.5. The average Bonchev–Trinajstić information content (AvgIpc) is 2.33. The summed E-state index contributed by atoms with van der Waals surface area (Å²) >= 11 is -0.0971. The summed E-state index contributed by atoms with van der Waals surface area (Å²) in [7, 11) is 1.50. The predicted molar refractivity (Wildman–Crippen MR) is 71.2 cm³/mol. The lowest BCUT2D eigenvalue weighted by atomic mass is 10.1. The van der Waals surface area contributed by atoms with E-state index >= 15 is 0 Å². The minimum Gasteiger partial charge on any atom is -0.397 e. The van der Waals surface area contributed by atoms with Crippen LogP contribution < -0.4 is 16.4 Å². The second-order valence-electron chi connectivity index (χ2n) is 3.60. The van der Waals surface area contributed by atoms with E-state index in [1.54, 1.807) is 12.1 Å². The van der Waals surface area contributed by atoms with Crippen molar-refractivity contribution < 1.29 is 18.0 Å². The van der Waals surface area contributed by atoms with Gasteiger partial charge in [-0.1, -0.05) is 0 Å². The maximum absolute atomic E-state index is 11.9. The van der Waals surface area contributed by atoms with Crippen LogP contribution in [0.15, 0.2) is 18.2 Å². The molecule has 1 rings (SSSR count). The number of carbonyl (C=O) groups excluding carboxylic acids is 1. The molecule has 0 aliphatic heterocycles. The number of hydrogen-bond donors (Lipinski definition) is 3. The fourth-order valence-corrected chi connectivity index (χ4v) is 1.80. The summed E-state index contributed by atoms with van der Waals surface area (Å²) in [5, 5.41) is 5.25. The number of hydrogen-bond acceptors (Lipinski definition) is 4. The number of halogens is 3. The van der Waals surface area contributed by atoms with Gasteiger partial charge in [0.25, 0.3) is 5.91 Å². The lowest BCUT2D eigenvalue weighted by molar-refractivity contribution is -0.0327. The molecule has 0 spiro atoms. The molecule has 0 aliphatic carbocycles. The molecule has 1 aromatic carbocycles. The van der Waals surface area contributed by atoms with E-state index in [0.29, 0.717) is 16.9 Å². The smallest absolute Gasteiger partial charge is 0.397 e. The van der Waals surface area contributed by atoms with Gasteiger partial charge in [-0.2, -0.15) is 13.2 Å². The monoisotopic (exact) mass is 293 g/mol. The standard InChI is InChI=1S/C11H14F3N3OS/c1-16-10(18)7-2-3-9(8(15)6-7)17-4-5-19-11(12,13)14/h2-3,6,17H,4-5,15H2,1H3,(H,16,18). The van der Waals surface area contributed by atoms with Gasteiger partial charge in [0.05, 0.1) is 11.4 Å². The van der Waals surface area contributed by atoms with Crippen molar-refractivity contribution in [1.82, 2.24) is 5.32 Å². The molecule has 0 fully saturated rings. The molecule has 0 atom stereocenters. The van der Waals surface area contributed by atoms with Crippen LogP contribution in [0.4, 0.5) is 24.5 Å². The minimum atomic E-state index is -4.23. The highest BCUT2D eigenvalue weighted by Gasteiger charge is 2.27. The van der Waals surface area contributed by atoms with Crippen molar-refractivity contribution in [2.75, 3.05) is 30.4 Å². The molecule has 1 aromatic rings. The fraction of sp³-hybridized carbons (Fsp3) is 0.364. The van der Waals surface area contributed by atoms with Gasteiger partial charge >= 0.3 is 5.51 Å². The molecule has 0 unspecified atom stereocenters. The highest BCUT2D eigenvalue weighted by molar-refractivity contribution is 8.00. The molecule has 0 aliphatic rings. The normalized spacial score (nSPS) is 11.2. The summed E-state index contributed by atoms with van der Waals surface area (Å²) in [6.45, 7) is 0.133. The van der Waals surface area contributed by atoms with Crippen molar-refractivity contribution in [2.24, 2.45) is 0 Å². The van der Waals surface area contributed by atoms with Crippen LogP contribution in [0.1, 0.15) is 10.4 Å². The summed E-state index contributed by atoms with van der Waals surface area (Å²) < 4.78 is 35.7. The molecule has 0 radical (unpaired) electrons. The van der Waals surface area contributed by atoms with Gasteiger partial charge in [0.1, 0.15) is 0 Å². The molecule has 4 nitrogen and oxygen atoms in total. The Morgan fingerprint density at radius 3 is 2.63 bits per heavy atom. The highest BCUT2D eigenvalue weighted by atomic mass is 32.2. The molecular weight excluding hydrogens is 279 g/mol. The van der Waals surface area contributed by atoms with Gasteiger partial charge in [0.15, 0.2) is 0 Å². The second kappa shape index (κ2) is 6.55. The van der Waals surface area contributed by atoms with Crippen molar-refractivity contribution in [3.05, 3.63) is 23.8 Å². The lowest BCUT2D eigenvalue weighted by Gasteiger charge is -2.11. The summed E-state index contributed by atoms with van der Waals surface area (Å²) in [4.78, 5) is 11.3. The minimum absolute atomic E-state index is 0.0971. The van der Waals surface area contributed by atoms with E-state index in [1.807, 2.05) is 0 Å². The topological polar surface area (TPSA) is 67.2 Å². The first-order valence-electron chi connectivity index (χ1n) is 5.39. The van der Waals surface area contributed by atoms with Crippen molar-refractivity contribution in [2.45, 2.75) is 5.51 Å². The van der Waals surface area contributed by atoms with Gasteiger partial charge in [-0.3, -0.25) is 4.79 Å². The third-order valence-electron chi connectivity index (χ3n) is 2.22. The maximum atomic E-state index is 11.9. The molecule has 106 valence electrons. The van der Waals surface area contributed by atoms with E-state index in [2.05, 4.69) is 10.6 Å². The molecule has 4 N–H and O–H groups in total. The fourth-order valence-electron chi connectivity index (χ4n) is 1.36. The van der Waals surface area contributed by atoms with E-state index < -0.39 is 5.51 Å². The Kier molecular flexibility index (Phi) is 5.34. The van der Waals surface area contributed by atoms with Crippen LogP contribution in [-0.4, -0.2) is 30.8 Å². The number of carbonyl (C=O) groups is 1. The number of amides is 1. The largest absolute Gasteiger partial charge is 0.441 e. The third kappa shape index (κ3) is 5.29. The van der Waals surface area contributed by atoms with Gasteiger partial charge in [-0.15, -0.1) is 0 Å². The van der Waals surface area contributed by atoms with Gasteiger partial charge in [0, 0.05) is 24.9 Å². The van der Waals surface area contributed by atoms with E-state index in [-0.39, 0.29) is 30.0 Å². The Bertz CT molecular complexity index is 451. The summed E-state index contributed by atoms with van der Waals surface area (Å²) in [5.74, 6) is -0.383. The first-order chi connectivity index (χ1) is 8.83. The quantitative estimate of drug-likeness (QED) is 0.575. The second-order valence-corrected chi connectivity index (χ2v) is 4.76. The van der Waals surface area contributed by atoms with Gasteiger partial charge in [0.2, 0.25) is 0 Å². The maximum Gasteiger partial charge on any atom is 0.441 e. The SMILES string of the molecule is CNC(=O)c1ccc(NCCSC(F)(F)F)c(N)c1. The zero-order valence-corrected chi connectivity index (χ0v) is 11.0. The summed E-state index contributed by atoms with van der Waals surface area (Å²) in [6, 6.07) is 4.59. The van der Waals surface area contributed by atoms with Crippen LogP contribution in [0.5, 0.6) is 0 Å². The molecule has 0 saturated heterocycles. The first-order valence-corrected chi connectivity index (χ1v) is 6.38. The number of benzene rings is 1. The zero-order valence-electron chi connectivity index (χ0n) is 10.2. The van der Waals surface area contributed by atoms with Gasteiger partial charge < -0.3 is 16.4 Å². The highest BCUT2D eigenvalue weighted by Crippen LogP contribution is 2.29. The summed E-state index contributed by atoms with van der Waals surface area (Å²) in [5.41, 5.74) is 2.71. The van der Waals surface area contributed by atoms with Crippen LogP contribution >= 0.6 is 11.8 Å². The Morgan fingerprint density at radius 2 is 2.11 bits per heavy atom. The molecule has 0 heterocycles. The first kappa shape index (κ1) is 15.5. The van der Waals surface area contributed by atoms with Crippen molar-refractivity contribution in [1.29, 1.82) is 0 Å². The Balaban J connectivity index is 2.54. The van der Waals surface area contributed by atoms with Crippen LogP contribution in [0, 0.1) is 0 Å². The van der Waals surface area contributed by atoms with Crippen LogP contribution in [0.25, 0.3) is 0 Å².